The Hall–Kier alpha value is -0.740. The molecule has 0 radical (unpaired) electrons. The highest BCUT2D eigenvalue weighted by Gasteiger charge is 2.45. The predicted octanol–water partition coefficient (Wildman–Crippen LogP) is 1.95. The first kappa shape index (κ1) is 10.3. The lowest BCUT2D eigenvalue weighted by molar-refractivity contribution is -0.186. The summed E-state index contributed by atoms with van der Waals surface area (Å²) < 4.78 is 36.1. The molecule has 1 atom stereocenters. The highest BCUT2D eigenvalue weighted by molar-refractivity contribution is 5.82. The third-order valence-corrected chi connectivity index (χ3v) is 2.35. The summed E-state index contributed by atoms with van der Waals surface area (Å²) in [5.74, 6) is -1.68. The van der Waals surface area contributed by atoms with Crippen molar-refractivity contribution in [1.29, 1.82) is 0 Å². The number of likely N-dealkylation sites (tertiary alicyclic amines) is 1. The maximum Gasteiger partial charge on any atom is 0.471 e. The summed E-state index contributed by atoms with van der Waals surface area (Å²) in [5.41, 5.74) is 0. The number of carbonyl (C=O) groups excluding carboxylic acids is 1. The molecule has 1 rings (SSSR count). The number of rotatable bonds is 1. The van der Waals surface area contributed by atoms with E-state index in [0.717, 1.165) is 4.90 Å². The SMILES string of the molecule is CCC1CCCN1C(=O)C(F)(F)F. The van der Waals surface area contributed by atoms with Crippen LogP contribution in [0.1, 0.15) is 26.2 Å². The summed E-state index contributed by atoms with van der Waals surface area (Å²) >= 11 is 0. The molecule has 0 aromatic heterocycles. The molecule has 5 heteroatoms. The van der Waals surface area contributed by atoms with E-state index >= 15 is 0 Å². The van der Waals surface area contributed by atoms with Crippen molar-refractivity contribution in [2.75, 3.05) is 6.54 Å². The van der Waals surface area contributed by atoms with Gasteiger partial charge in [0.05, 0.1) is 0 Å². The molecule has 1 fully saturated rings. The summed E-state index contributed by atoms with van der Waals surface area (Å²) in [7, 11) is 0. The molecule has 0 aliphatic carbocycles. The summed E-state index contributed by atoms with van der Waals surface area (Å²) in [6.45, 7) is 2.05. The lowest BCUT2D eigenvalue weighted by atomic mass is 10.2. The van der Waals surface area contributed by atoms with Gasteiger partial charge in [0.1, 0.15) is 0 Å². The number of carbonyl (C=O) groups is 1. The maximum atomic E-state index is 12.0. The van der Waals surface area contributed by atoms with E-state index < -0.39 is 12.1 Å². The number of nitrogens with zero attached hydrogens (tertiary/aromatic N) is 1. The van der Waals surface area contributed by atoms with Gasteiger partial charge in [-0.2, -0.15) is 13.2 Å². The fourth-order valence-electron chi connectivity index (χ4n) is 1.69. The second-order valence-electron chi connectivity index (χ2n) is 3.20. The van der Waals surface area contributed by atoms with Gasteiger partial charge in [0.15, 0.2) is 0 Å². The third kappa shape index (κ3) is 2.14. The summed E-state index contributed by atoms with van der Waals surface area (Å²) in [4.78, 5) is 11.8. The van der Waals surface area contributed by atoms with E-state index in [4.69, 9.17) is 0 Å². The van der Waals surface area contributed by atoms with Gasteiger partial charge < -0.3 is 4.90 Å². The largest absolute Gasteiger partial charge is 0.471 e. The van der Waals surface area contributed by atoms with Crippen molar-refractivity contribution in [3.8, 4) is 0 Å². The van der Waals surface area contributed by atoms with Crippen molar-refractivity contribution in [3.63, 3.8) is 0 Å². The second kappa shape index (κ2) is 3.55. The Morgan fingerprint density at radius 2 is 2.15 bits per heavy atom. The average Bonchev–Trinajstić information content (AvgIpc) is 2.48. The molecule has 13 heavy (non-hydrogen) atoms. The van der Waals surface area contributed by atoms with E-state index in [2.05, 4.69) is 0 Å². The van der Waals surface area contributed by atoms with Crippen LogP contribution in [0.25, 0.3) is 0 Å². The lowest BCUT2D eigenvalue weighted by Gasteiger charge is -2.24. The molecule has 1 heterocycles. The van der Waals surface area contributed by atoms with Crippen LogP contribution in [0.4, 0.5) is 13.2 Å². The Bertz CT molecular complexity index is 202. The zero-order valence-electron chi connectivity index (χ0n) is 7.40. The summed E-state index contributed by atoms with van der Waals surface area (Å²) in [6, 6.07) is -0.214. The van der Waals surface area contributed by atoms with Crippen LogP contribution >= 0.6 is 0 Å². The highest BCUT2D eigenvalue weighted by atomic mass is 19.4. The molecule has 1 saturated heterocycles. The Labute approximate surface area is 74.7 Å². The normalized spacial score (nSPS) is 23.7. The number of halogens is 3. The van der Waals surface area contributed by atoms with Gasteiger partial charge >= 0.3 is 12.1 Å². The highest BCUT2D eigenvalue weighted by Crippen LogP contribution is 2.26. The quantitative estimate of drug-likeness (QED) is 0.626. The van der Waals surface area contributed by atoms with Gasteiger partial charge in [-0.15, -0.1) is 0 Å². The van der Waals surface area contributed by atoms with Gasteiger partial charge in [-0.3, -0.25) is 4.79 Å². The van der Waals surface area contributed by atoms with Crippen LogP contribution in [0, 0.1) is 0 Å². The van der Waals surface area contributed by atoms with Gasteiger partial charge in [0.25, 0.3) is 0 Å². The van der Waals surface area contributed by atoms with E-state index in [1.54, 1.807) is 6.92 Å². The molecule has 0 spiro atoms. The van der Waals surface area contributed by atoms with Gasteiger partial charge in [-0.05, 0) is 19.3 Å². The van der Waals surface area contributed by atoms with Crippen molar-refractivity contribution < 1.29 is 18.0 Å². The minimum atomic E-state index is -4.71. The molecule has 1 unspecified atom stereocenters. The molecule has 0 aromatic carbocycles. The molecule has 1 aliphatic heterocycles. The number of alkyl halides is 3. The van der Waals surface area contributed by atoms with Gasteiger partial charge in [0, 0.05) is 12.6 Å². The van der Waals surface area contributed by atoms with Crippen LogP contribution < -0.4 is 0 Å². The van der Waals surface area contributed by atoms with Crippen LogP contribution in [-0.2, 0) is 4.79 Å². The van der Waals surface area contributed by atoms with Crippen LogP contribution in [-0.4, -0.2) is 29.6 Å². The van der Waals surface area contributed by atoms with Crippen LogP contribution in [0.15, 0.2) is 0 Å². The third-order valence-electron chi connectivity index (χ3n) is 2.35. The minimum Gasteiger partial charge on any atom is -0.332 e. The smallest absolute Gasteiger partial charge is 0.332 e. The number of amides is 1. The molecule has 0 saturated carbocycles. The fourth-order valence-corrected chi connectivity index (χ4v) is 1.69. The zero-order chi connectivity index (χ0) is 10.1. The monoisotopic (exact) mass is 195 g/mol. The summed E-state index contributed by atoms with van der Waals surface area (Å²) in [5, 5.41) is 0. The first-order valence-electron chi connectivity index (χ1n) is 4.34. The Morgan fingerprint density at radius 1 is 1.54 bits per heavy atom. The number of hydrogen-bond acceptors (Lipinski definition) is 1. The maximum absolute atomic E-state index is 12.0. The molecule has 0 aromatic rings. The standard InChI is InChI=1S/C8H12F3NO/c1-2-6-4-3-5-12(6)7(13)8(9,10)11/h6H,2-5H2,1H3. The van der Waals surface area contributed by atoms with E-state index in [-0.39, 0.29) is 12.6 Å². The molecule has 0 N–H and O–H groups in total. The Kier molecular flexibility index (Phi) is 2.83. The minimum absolute atomic E-state index is 0.214. The van der Waals surface area contributed by atoms with E-state index in [1.807, 2.05) is 0 Å². The van der Waals surface area contributed by atoms with Crippen LogP contribution in [0.3, 0.4) is 0 Å². The molecular formula is C8H12F3NO. The van der Waals surface area contributed by atoms with Crippen LogP contribution in [0.5, 0.6) is 0 Å². The van der Waals surface area contributed by atoms with Crippen molar-refractivity contribution in [3.05, 3.63) is 0 Å². The van der Waals surface area contributed by atoms with Gasteiger partial charge in [0.2, 0.25) is 0 Å². The molecule has 1 aliphatic rings. The van der Waals surface area contributed by atoms with E-state index in [1.165, 1.54) is 0 Å². The van der Waals surface area contributed by atoms with E-state index in [9.17, 15) is 18.0 Å². The Morgan fingerprint density at radius 3 is 2.62 bits per heavy atom. The van der Waals surface area contributed by atoms with Crippen LogP contribution in [0.2, 0.25) is 0 Å². The zero-order valence-corrected chi connectivity index (χ0v) is 7.40. The molecule has 2 nitrogen and oxygen atoms in total. The Balaban J connectivity index is 2.66. The number of hydrogen-bond donors (Lipinski definition) is 0. The van der Waals surface area contributed by atoms with Crippen molar-refractivity contribution in [2.24, 2.45) is 0 Å². The summed E-state index contributed by atoms with van der Waals surface area (Å²) in [6.07, 6.45) is -2.74. The van der Waals surface area contributed by atoms with Gasteiger partial charge in [-0.25, -0.2) is 0 Å². The first-order chi connectivity index (χ1) is 5.96. The van der Waals surface area contributed by atoms with Crippen molar-refractivity contribution in [2.45, 2.75) is 38.4 Å². The van der Waals surface area contributed by atoms with Crippen molar-refractivity contribution >= 4 is 5.91 Å². The fraction of sp³-hybridized carbons (Fsp3) is 0.875. The molecular weight excluding hydrogens is 183 g/mol. The first-order valence-corrected chi connectivity index (χ1v) is 4.34. The second-order valence-corrected chi connectivity index (χ2v) is 3.20. The topological polar surface area (TPSA) is 20.3 Å². The molecule has 1 amide bonds. The predicted molar refractivity (Wildman–Crippen MR) is 41.1 cm³/mol. The van der Waals surface area contributed by atoms with Crippen molar-refractivity contribution in [1.82, 2.24) is 4.90 Å². The van der Waals surface area contributed by atoms with Gasteiger partial charge in [-0.1, -0.05) is 6.92 Å². The molecule has 76 valence electrons. The lowest BCUT2D eigenvalue weighted by Crippen LogP contribution is -2.43. The van der Waals surface area contributed by atoms with E-state index in [0.29, 0.717) is 19.3 Å². The molecule has 0 bridgehead atoms. The average molecular weight is 195 g/mol.